The molecule has 0 spiro atoms. The van der Waals surface area contributed by atoms with Crippen LogP contribution in [0.3, 0.4) is 0 Å². The van der Waals surface area contributed by atoms with Gasteiger partial charge in [0, 0.05) is 30.6 Å². The molecular formula is C22H25N5O5S. The number of carbonyl (C=O) groups is 3. The van der Waals surface area contributed by atoms with Crippen LogP contribution in [0, 0.1) is 13.8 Å². The number of nitrogens with zero attached hydrogens (tertiary/aromatic N) is 4. The van der Waals surface area contributed by atoms with E-state index in [-0.39, 0.29) is 18.9 Å². The second kappa shape index (κ2) is 10.8. The lowest BCUT2D eigenvalue weighted by Crippen LogP contribution is -2.36. The molecule has 0 saturated carbocycles. The average molecular weight is 472 g/mol. The van der Waals surface area contributed by atoms with Crippen molar-refractivity contribution < 1.29 is 23.6 Å². The van der Waals surface area contributed by atoms with Crippen LogP contribution in [0.15, 0.2) is 28.8 Å². The summed E-state index contributed by atoms with van der Waals surface area (Å²) in [4.78, 5) is 47.0. The van der Waals surface area contributed by atoms with Gasteiger partial charge in [-0.1, -0.05) is 35.5 Å². The third kappa shape index (κ3) is 5.80. The molecule has 3 aromatic rings. The van der Waals surface area contributed by atoms with Crippen LogP contribution in [-0.2, 0) is 14.3 Å². The van der Waals surface area contributed by atoms with Gasteiger partial charge in [-0.3, -0.25) is 9.59 Å². The number of thiazole rings is 1. The highest BCUT2D eigenvalue weighted by Crippen LogP contribution is 2.26. The molecule has 0 radical (unpaired) electrons. The van der Waals surface area contributed by atoms with Crippen molar-refractivity contribution in [3.8, 4) is 11.4 Å². The Kier molecular flexibility index (Phi) is 7.88. The molecule has 11 heteroatoms. The van der Waals surface area contributed by atoms with Crippen molar-refractivity contribution in [3.63, 3.8) is 0 Å². The van der Waals surface area contributed by atoms with Crippen molar-refractivity contribution in [1.29, 1.82) is 0 Å². The molecule has 2 aromatic heterocycles. The topological polar surface area (TPSA) is 128 Å². The predicted octanol–water partition coefficient (Wildman–Crippen LogP) is 3.76. The van der Waals surface area contributed by atoms with Crippen molar-refractivity contribution in [3.05, 3.63) is 40.7 Å². The summed E-state index contributed by atoms with van der Waals surface area (Å²) >= 11 is 1.06. The fourth-order valence-corrected chi connectivity index (χ4v) is 4.12. The van der Waals surface area contributed by atoms with Crippen LogP contribution >= 0.6 is 11.3 Å². The van der Waals surface area contributed by atoms with Gasteiger partial charge in [0.1, 0.15) is 4.88 Å². The molecule has 3 rings (SSSR count). The molecule has 0 bridgehead atoms. The van der Waals surface area contributed by atoms with E-state index in [2.05, 4.69) is 20.4 Å². The lowest BCUT2D eigenvalue weighted by molar-refractivity contribution is -0.116. The van der Waals surface area contributed by atoms with E-state index in [1.165, 1.54) is 4.90 Å². The Bertz CT molecular complexity index is 1140. The number of hydrogen-bond acceptors (Lipinski definition) is 9. The summed E-state index contributed by atoms with van der Waals surface area (Å²) in [6.07, 6.45) is 1.30. The first kappa shape index (κ1) is 24.1. The minimum Gasteiger partial charge on any atom is -0.462 e. The molecule has 0 aliphatic carbocycles. The Labute approximate surface area is 195 Å². The van der Waals surface area contributed by atoms with Crippen molar-refractivity contribution in [2.24, 2.45) is 0 Å². The van der Waals surface area contributed by atoms with Crippen LogP contribution in [-0.4, -0.2) is 46.1 Å². The molecule has 0 aliphatic rings. The number of carbonyl (C=O) groups excluding carboxylic acids is 3. The van der Waals surface area contributed by atoms with Crippen LogP contribution in [0.2, 0.25) is 0 Å². The zero-order valence-electron chi connectivity index (χ0n) is 18.8. The average Bonchev–Trinajstić information content (AvgIpc) is 3.39. The van der Waals surface area contributed by atoms with Gasteiger partial charge in [0.25, 0.3) is 0 Å². The number of amides is 2. The van der Waals surface area contributed by atoms with E-state index >= 15 is 0 Å². The van der Waals surface area contributed by atoms with E-state index in [4.69, 9.17) is 9.26 Å². The normalized spacial score (nSPS) is 11.6. The second-order valence-corrected chi connectivity index (χ2v) is 8.17. The summed E-state index contributed by atoms with van der Waals surface area (Å²) in [6.45, 7) is 7.25. The third-order valence-corrected chi connectivity index (χ3v) is 5.89. The van der Waals surface area contributed by atoms with Gasteiger partial charge in [-0.2, -0.15) is 4.98 Å². The molecule has 0 aliphatic heterocycles. The Morgan fingerprint density at radius 3 is 2.70 bits per heavy atom. The monoisotopic (exact) mass is 471 g/mol. The molecule has 10 nitrogen and oxygen atoms in total. The van der Waals surface area contributed by atoms with Gasteiger partial charge in [0.2, 0.25) is 24.0 Å². The highest BCUT2D eigenvalue weighted by molar-refractivity contribution is 7.17. The summed E-state index contributed by atoms with van der Waals surface area (Å²) in [5.74, 6) is 0.0721. The lowest BCUT2D eigenvalue weighted by Gasteiger charge is -2.27. The van der Waals surface area contributed by atoms with Crippen LogP contribution < -0.4 is 10.2 Å². The van der Waals surface area contributed by atoms with E-state index in [0.29, 0.717) is 51.5 Å². The molecule has 0 saturated heterocycles. The Morgan fingerprint density at radius 2 is 2.06 bits per heavy atom. The van der Waals surface area contributed by atoms with Crippen LogP contribution in [0.5, 0.6) is 0 Å². The zero-order chi connectivity index (χ0) is 24.0. The van der Waals surface area contributed by atoms with Gasteiger partial charge in [-0.15, -0.1) is 0 Å². The van der Waals surface area contributed by atoms with Crippen molar-refractivity contribution in [2.75, 3.05) is 16.8 Å². The number of hydrogen-bond donors (Lipinski definition) is 1. The van der Waals surface area contributed by atoms with E-state index in [0.717, 1.165) is 11.3 Å². The SMILES string of the molecule is CCOC(=O)c1sc(NC(=O)CC(CC)N(C=O)c2cccc(-c3noc(C)n3)c2)nc1C. The van der Waals surface area contributed by atoms with E-state index < -0.39 is 12.0 Å². The van der Waals surface area contributed by atoms with E-state index in [1.807, 2.05) is 13.0 Å². The number of benzene rings is 1. The van der Waals surface area contributed by atoms with E-state index in [1.54, 1.807) is 39.0 Å². The molecule has 2 heterocycles. The summed E-state index contributed by atoms with van der Waals surface area (Å²) < 4.78 is 10.0. The smallest absolute Gasteiger partial charge is 0.350 e. The molecule has 1 atom stereocenters. The first-order valence-electron chi connectivity index (χ1n) is 10.4. The molecule has 33 heavy (non-hydrogen) atoms. The van der Waals surface area contributed by atoms with Gasteiger partial charge in [-0.25, -0.2) is 9.78 Å². The molecular weight excluding hydrogens is 446 g/mol. The molecule has 0 fully saturated rings. The van der Waals surface area contributed by atoms with Crippen molar-refractivity contribution in [2.45, 2.75) is 46.6 Å². The first-order chi connectivity index (χ1) is 15.9. The Hall–Kier alpha value is -3.60. The van der Waals surface area contributed by atoms with Gasteiger partial charge in [0.15, 0.2) is 5.13 Å². The quantitative estimate of drug-likeness (QED) is 0.350. The molecule has 174 valence electrons. The summed E-state index contributed by atoms with van der Waals surface area (Å²) in [6, 6.07) is 6.76. The molecule has 1 N–H and O–H groups in total. The minimum atomic E-state index is -0.469. The standard InChI is InChI=1S/C22H25N5O5S/c1-5-16(11-18(29)25-22-23-13(3)19(33-22)21(30)31-6-2)27(12-28)17-9-7-8-15(10-17)20-24-14(4)32-26-20/h7-10,12,16H,5-6,11H2,1-4H3,(H,23,25,29). The Morgan fingerprint density at radius 1 is 1.27 bits per heavy atom. The summed E-state index contributed by atoms with van der Waals surface area (Å²) in [5, 5.41) is 6.94. The molecule has 2 amide bonds. The largest absolute Gasteiger partial charge is 0.462 e. The maximum atomic E-state index is 12.7. The van der Waals surface area contributed by atoms with Crippen LogP contribution in [0.25, 0.3) is 11.4 Å². The highest BCUT2D eigenvalue weighted by Gasteiger charge is 2.23. The van der Waals surface area contributed by atoms with Gasteiger partial charge < -0.3 is 19.5 Å². The van der Waals surface area contributed by atoms with Gasteiger partial charge >= 0.3 is 5.97 Å². The maximum Gasteiger partial charge on any atom is 0.350 e. The lowest BCUT2D eigenvalue weighted by atomic mass is 10.1. The number of anilines is 2. The first-order valence-corrected chi connectivity index (χ1v) is 11.3. The summed E-state index contributed by atoms with van der Waals surface area (Å²) in [5.41, 5.74) is 1.79. The van der Waals surface area contributed by atoms with Crippen molar-refractivity contribution in [1.82, 2.24) is 15.1 Å². The second-order valence-electron chi connectivity index (χ2n) is 7.17. The number of ether oxygens (including phenoxy) is 1. The van der Waals surface area contributed by atoms with Crippen LogP contribution in [0.1, 0.15) is 47.9 Å². The van der Waals surface area contributed by atoms with E-state index in [9.17, 15) is 14.4 Å². The molecule has 1 unspecified atom stereocenters. The molecule has 1 aromatic carbocycles. The minimum absolute atomic E-state index is 0.0498. The maximum absolute atomic E-state index is 12.7. The number of esters is 1. The summed E-state index contributed by atoms with van der Waals surface area (Å²) in [7, 11) is 0. The highest BCUT2D eigenvalue weighted by atomic mass is 32.1. The fourth-order valence-electron chi connectivity index (χ4n) is 3.24. The van der Waals surface area contributed by atoms with Gasteiger partial charge in [0.05, 0.1) is 12.3 Å². The Balaban J connectivity index is 1.73. The number of nitrogens with one attached hydrogen (secondary N) is 1. The van der Waals surface area contributed by atoms with Gasteiger partial charge in [-0.05, 0) is 32.4 Å². The third-order valence-electron chi connectivity index (χ3n) is 4.83. The number of aryl methyl sites for hydroxylation is 2. The van der Waals surface area contributed by atoms with Crippen molar-refractivity contribution >= 4 is 40.4 Å². The van der Waals surface area contributed by atoms with Crippen LogP contribution in [0.4, 0.5) is 10.8 Å². The fraction of sp³-hybridized carbons (Fsp3) is 0.364. The number of aromatic nitrogens is 3. The number of rotatable bonds is 10. The predicted molar refractivity (Wildman–Crippen MR) is 123 cm³/mol. The zero-order valence-corrected chi connectivity index (χ0v) is 19.6.